The second kappa shape index (κ2) is 11.3. The summed E-state index contributed by atoms with van der Waals surface area (Å²) in [5.41, 5.74) is 1.54. The first-order valence-electron chi connectivity index (χ1n) is 11.7. The third kappa shape index (κ3) is 5.95. The molecule has 0 bridgehead atoms. The van der Waals surface area contributed by atoms with Crippen LogP contribution in [0.2, 0.25) is 0 Å². The molecule has 2 aromatic carbocycles. The van der Waals surface area contributed by atoms with Crippen molar-refractivity contribution in [3.63, 3.8) is 0 Å². The number of halogens is 1. The summed E-state index contributed by atoms with van der Waals surface area (Å²) >= 11 is 1.26. The van der Waals surface area contributed by atoms with Gasteiger partial charge in [0.15, 0.2) is 0 Å². The molecule has 8 heteroatoms. The minimum absolute atomic E-state index is 0.0185. The second-order valence-corrected chi connectivity index (χ2v) is 9.63. The summed E-state index contributed by atoms with van der Waals surface area (Å²) in [6.07, 6.45) is 3.81. The van der Waals surface area contributed by atoms with Crippen molar-refractivity contribution in [1.29, 1.82) is 0 Å². The first-order valence-corrected chi connectivity index (χ1v) is 12.6. The van der Waals surface area contributed by atoms with Gasteiger partial charge in [-0.05, 0) is 48.9 Å². The fraction of sp³-hybridized carbons (Fsp3) is 0.296. The van der Waals surface area contributed by atoms with Gasteiger partial charge in [-0.25, -0.2) is 4.39 Å². The van der Waals surface area contributed by atoms with Crippen LogP contribution in [0.5, 0.6) is 0 Å². The minimum atomic E-state index is -1.10. The van der Waals surface area contributed by atoms with E-state index in [2.05, 4.69) is 10.6 Å². The fourth-order valence-corrected chi connectivity index (χ4v) is 4.96. The Bertz CT molecular complexity index is 1170. The molecule has 3 aromatic rings. The van der Waals surface area contributed by atoms with Gasteiger partial charge in [0.25, 0.3) is 5.91 Å². The molecule has 0 radical (unpaired) electrons. The van der Waals surface area contributed by atoms with Crippen LogP contribution >= 0.6 is 11.3 Å². The fourth-order valence-electron chi connectivity index (χ4n) is 4.32. The molecule has 1 heterocycles. The number of thiophene rings is 1. The van der Waals surface area contributed by atoms with Gasteiger partial charge in [0.1, 0.15) is 11.9 Å². The molecule has 2 N–H and O–H groups in total. The lowest BCUT2D eigenvalue weighted by atomic mass is 10.0. The zero-order valence-corrected chi connectivity index (χ0v) is 20.3. The highest BCUT2D eigenvalue weighted by molar-refractivity contribution is 7.12. The summed E-state index contributed by atoms with van der Waals surface area (Å²) in [7, 11) is 0. The first-order chi connectivity index (χ1) is 16.9. The van der Waals surface area contributed by atoms with Crippen molar-refractivity contribution < 1.29 is 18.8 Å². The number of hydrogen-bond donors (Lipinski definition) is 2. The van der Waals surface area contributed by atoms with Crippen LogP contribution in [-0.2, 0) is 9.59 Å². The number of amides is 3. The summed E-state index contributed by atoms with van der Waals surface area (Å²) in [5, 5.41) is 7.44. The molecule has 6 nitrogen and oxygen atoms in total. The molecule has 0 saturated heterocycles. The number of benzene rings is 2. The van der Waals surface area contributed by atoms with Gasteiger partial charge in [0.05, 0.1) is 17.1 Å². The Kier molecular flexibility index (Phi) is 7.92. The largest absolute Gasteiger partial charge is 0.351 e. The Labute approximate surface area is 208 Å². The van der Waals surface area contributed by atoms with E-state index < -0.39 is 23.7 Å². The summed E-state index contributed by atoms with van der Waals surface area (Å²) < 4.78 is 15.0. The average Bonchev–Trinajstić information content (AvgIpc) is 3.57. The number of hydrogen-bond acceptors (Lipinski definition) is 4. The number of rotatable bonds is 8. The maximum Gasteiger partial charge on any atom is 0.261 e. The molecule has 0 spiro atoms. The monoisotopic (exact) mass is 493 g/mol. The summed E-state index contributed by atoms with van der Waals surface area (Å²) in [6.45, 7) is 1.54. The lowest BCUT2D eigenvalue weighted by Crippen LogP contribution is -2.49. The third-order valence-corrected chi connectivity index (χ3v) is 7.00. The standard InChI is InChI=1S/C27H28FN3O3S/c1-18-12-14-19(15-13-18)25(27(34)30-20-7-2-3-8-20)31(22-10-5-4-9-21(22)28)24(32)17-29-26(33)23-11-6-16-35-23/h4-6,9-16,20,25H,2-3,7-8,17H2,1H3,(H,29,33)(H,30,34)/t25-/m1/s1. The van der Waals surface area contributed by atoms with Gasteiger partial charge < -0.3 is 10.6 Å². The normalized spacial score (nSPS) is 14.3. The first kappa shape index (κ1) is 24.6. The van der Waals surface area contributed by atoms with E-state index in [1.54, 1.807) is 35.7 Å². The lowest BCUT2D eigenvalue weighted by Gasteiger charge is -2.32. The summed E-state index contributed by atoms with van der Waals surface area (Å²) in [4.78, 5) is 41.3. The van der Waals surface area contributed by atoms with Crippen LogP contribution in [0.3, 0.4) is 0 Å². The molecule has 0 unspecified atom stereocenters. The molecule has 1 aliphatic carbocycles. The number of para-hydroxylation sites is 1. The Morgan fingerprint density at radius 2 is 1.74 bits per heavy atom. The van der Waals surface area contributed by atoms with E-state index >= 15 is 4.39 Å². The summed E-state index contributed by atoms with van der Waals surface area (Å²) in [5.74, 6) is -1.99. The van der Waals surface area contributed by atoms with E-state index in [4.69, 9.17) is 0 Å². The van der Waals surface area contributed by atoms with Crippen molar-refractivity contribution >= 4 is 34.7 Å². The van der Waals surface area contributed by atoms with Crippen molar-refractivity contribution in [2.24, 2.45) is 0 Å². The zero-order valence-electron chi connectivity index (χ0n) is 19.5. The molecule has 1 aliphatic rings. The van der Waals surface area contributed by atoms with E-state index in [0.29, 0.717) is 10.4 Å². The van der Waals surface area contributed by atoms with Crippen molar-refractivity contribution in [3.05, 3.63) is 87.9 Å². The predicted molar refractivity (Wildman–Crippen MR) is 135 cm³/mol. The van der Waals surface area contributed by atoms with Crippen LogP contribution < -0.4 is 15.5 Å². The average molecular weight is 494 g/mol. The van der Waals surface area contributed by atoms with E-state index in [0.717, 1.165) is 31.2 Å². The molecule has 1 aromatic heterocycles. The van der Waals surface area contributed by atoms with Crippen molar-refractivity contribution in [1.82, 2.24) is 10.6 Å². The van der Waals surface area contributed by atoms with Gasteiger partial charge in [-0.1, -0.05) is 60.9 Å². The molecule has 1 atom stereocenters. The lowest BCUT2D eigenvalue weighted by molar-refractivity contribution is -0.126. The summed E-state index contributed by atoms with van der Waals surface area (Å²) in [6, 6.07) is 15.5. The second-order valence-electron chi connectivity index (χ2n) is 8.68. The van der Waals surface area contributed by atoms with Crippen LogP contribution in [0.4, 0.5) is 10.1 Å². The smallest absolute Gasteiger partial charge is 0.261 e. The molecule has 1 fully saturated rings. The molecule has 4 rings (SSSR count). The molecular weight excluding hydrogens is 465 g/mol. The number of carbonyl (C=O) groups excluding carboxylic acids is 3. The van der Waals surface area contributed by atoms with Gasteiger partial charge in [-0.3, -0.25) is 19.3 Å². The molecule has 1 saturated carbocycles. The number of nitrogens with one attached hydrogen (secondary N) is 2. The molecular formula is C27H28FN3O3S. The van der Waals surface area contributed by atoms with Gasteiger partial charge >= 0.3 is 0 Å². The van der Waals surface area contributed by atoms with Crippen LogP contribution in [0, 0.1) is 12.7 Å². The minimum Gasteiger partial charge on any atom is -0.351 e. The molecule has 182 valence electrons. The van der Waals surface area contributed by atoms with Gasteiger partial charge in [0.2, 0.25) is 11.8 Å². The highest BCUT2D eigenvalue weighted by Crippen LogP contribution is 2.31. The third-order valence-electron chi connectivity index (χ3n) is 6.13. The van der Waals surface area contributed by atoms with Gasteiger partial charge in [-0.15, -0.1) is 11.3 Å². The molecule has 35 heavy (non-hydrogen) atoms. The Morgan fingerprint density at radius 1 is 1.03 bits per heavy atom. The quantitative estimate of drug-likeness (QED) is 0.475. The highest BCUT2D eigenvalue weighted by Gasteiger charge is 2.35. The SMILES string of the molecule is Cc1ccc([C@H](C(=O)NC2CCCC2)N(C(=O)CNC(=O)c2cccs2)c2ccccc2F)cc1. The van der Waals surface area contributed by atoms with Gasteiger partial charge in [0, 0.05) is 6.04 Å². The zero-order chi connectivity index (χ0) is 24.8. The van der Waals surface area contributed by atoms with Crippen molar-refractivity contribution in [2.75, 3.05) is 11.4 Å². The van der Waals surface area contributed by atoms with Crippen molar-refractivity contribution in [3.8, 4) is 0 Å². The van der Waals surface area contributed by atoms with E-state index in [1.807, 2.05) is 19.1 Å². The Morgan fingerprint density at radius 3 is 2.40 bits per heavy atom. The predicted octanol–water partition coefficient (Wildman–Crippen LogP) is 4.76. The van der Waals surface area contributed by atoms with Crippen LogP contribution in [0.15, 0.2) is 66.0 Å². The number of anilines is 1. The maximum absolute atomic E-state index is 15.0. The molecule has 3 amide bonds. The Balaban J connectivity index is 1.69. The van der Waals surface area contributed by atoms with E-state index in [1.165, 1.54) is 34.4 Å². The van der Waals surface area contributed by atoms with Crippen LogP contribution in [-0.4, -0.2) is 30.3 Å². The van der Waals surface area contributed by atoms with Crippen LogP contribution in [0.25, 0.3) is 0 Å². The van der Waals surface area contributed by atoms with Crippen LogP contribution in [0.1, 0.15) is 52.5 Å². The Hall–Kier alpha value is -3.52. The number of nitrogens with zero attached hydrogens (tertiary/aromatic N) is 1. The van der Waals surface area contributed by atoms with E-state index in [9.17, 15) is 14.4 Å². The molecule has 0 aliphatic heterocycles. The topological polar surface area (TPSA) is 78.5 Å². The van der Waals surface area contributed by atoms with Gasteiger partial charge in [-0.2, -0.15) is 0 Å². The maximum atomic E-state index is 15.0. The highest BCUT2D eigenvalue weighted by atomic mass is 32.1. The van der Waals surface area contributed by atoms with E-state index in [-0.39, 0.29) is 24.2 Å². The number of aryl methyl sites for hydroxylation is 1. The number of carbonyl (C=O) groups is 3. The van der Waals surface area contributed by atoms with Crippen molar-refractivity contribution in [2.45, 2.75) is 44.7 Å².